The van der Waals surface area contributed by atoms with E-state index in [1.807, 2.05) is 29.7 Å². The van der Waals surface area contributed by atoms with Crippen molar-refractivity contribution in [3.8, 4) is 0 Å². The number of ether oxygens (including phenoxy) is 1. The number of esters is 1. The monoisotopic (exact) mass is 190 g/mol. The van der Waals surface area contributed by atoms with Gasteiger partial charge in [0.05, 0.1) is 7.11 Å². The molecule has 72 valence electrons. The van der Waals surface area contributed by atoms with Crippen molar-refractivity contribution >= 4 is 11.6 Å². The first-order valence-corrected chi connectivity index (χ1v) is 4.25. The number of hydrogen-bond donors (Lipinski definition) is 0. The number of rotatable bonds is 1. The molecular formula is C10H10N2O2. The highest BCUT2D eigenvalue weighted by atomic mass is 16.5. The second-order valence-electron chi connectivity index (χ2n) is 3.01. The van der Waals surface area contributed by atoms with E-state index < -0.39 is 5.97 Å². The number of nitrogens with zero attached hydrogens (tertiary/aromatic N) is 2. The summed E-state index contributed by atoms with van der Waals surface area (Å²) in [5, 5.41) is 0. The summed E-state index contributed by atoms with van der Waals surface area (Å²) < 4.78 is 6.52. The van der Waals surface area contributed by atoms with Crippen LogP contribution in [0.15, 0.2) is 24.4 Å². The van der Waals surface area contributed by atoms with Gasteiger partial charge in [-0.05, 0) is 25.1 Å². The molecule has 0 atom stereocenters. The van der Waals surface area contributed by atoms with Gasteiger partial charge >= 0.3 is 5.97 Å². The molecule has 0 unspecified atom stereocenters. The van der Waals surface area contributed by atoms with E-state index in [0.29, 0.717) is 5.69 Å². The standard InChI is InChI=1S/C10H10N2O2/c1-7-6-8(10(13)14-2)11-9-4-3-5-12(7)9/h3-6H,1-2H3. The third kappa shape index (κ3) is 1.25. The van der Waals surface area contributed by atoms with Crippen molar-refractivity contribution in [3.63, 3.8) is 0 Å². The molecule has 0 fully saturated rings. The van der Waals surface area contributed by atoms with E-state index in [0.717, 1.165) is 11.3 Å². The molecular weight excluding hydrogens is 180 g/mol. The minimum absolute atomic E-state index is 0.344. The lowest BCUT2D eigenvalue weighted by Gasteiger charge is -2.03. The first-order valence-electron chi connectivity index (χ1n) is 4.25. The van der Waals surface area contributed by atoms with Crippen LogP contribution < -0.4 is 0 Å². The van der Waals surface area contributed by atoms with Crippen LogP contribution in [0.1, 0.15) is 16.2 Å². The normalized spacial score (nSPS) is 10.4. The minimum atomic E-state index is -0.406. The van der Waals surface area contributed by atoms with E-state index in [4.69, 9.17) is 0 Å². The van der Waals surface area contributed by atoms with Gasteiger partial charge in [0, 0.05) is 11.9 Å². The van der Waals surface area contributed by atoms with E-state index in [1.165, 1.54) is 7.11 Å². The molecule has 0 N–H and O–H groups in total. The lowest BCUT2D eigenvalue weighted by molar-refractivity contribution is 0.0594. The Morgan fingerprint density at radius 2 is 2.36 bits per heavy atom. The van der Waals surface area contributed by atoms with Crippen molar-refractivity contribution in [2.24, 2.45) is 0 Å². The molecule has 0 bridgehead atoms. The summed E-state index contributed by atoms with van der Waals surface area (Å²) >= 11 is 0. The fourth-order valence-corrected chi connectivity index (χ4v) is 1.39. The molecule has 0 radical (unpaired) electrons. The summed E-state index contributed by atoms with van der Waals surface area (Å²) in [5.74, 6) is -0.406. The molecule has 14 heavy (non-hydrogen) atoms. The number of aromatic nitrogens is 2. The van der Waals surface area contributed by atoms with Crippen LogP contribution in [0.3, 0.4) is 0 Å². The van der Waals surface area contributed by atoms with Gasteiger partial charge in [0.2, 0.25) is 0 Å². The average molecular weight is 190 g/mol. The molecule has 4 nitrogen and oxygen atoms in total. The highest BCUT2D eigenvalue weighted by molar-refractivity contribution is 5.87. The van der Waals surface area contributed by atoms with Crippen molar-refractivity contribution in [3.05, 3.63) is 35.8 Å². The molecule has 0 saturated heterocycles. The molecule has 0 aliphatic carbocycles. The molecule has 4 heteroatoms. The first kappa shape index (κ1) is 8.74. The Balaban J connectivity index is 2.64. The number of carbonyl (C=O) groups is 1. The molecule has 0 spiro atoms. The average Bonchev–Trinajstić information content (AvgIpc) is 2.64. The topological polar surface area (TPSA) is 43.6 Å². The predicted octanol–water partition coefficient (Wildman–Crippen LogP) is 1.43. The SMILES string of the molecule is COC(=O)c1cc(C)n2cccc2n1. The maximum absolute atomic E-state index is 11.2. The molecule has 2 heterocycles. The van der Waals surface area contributed by atoms with E-state index in [2.05, 4.69) is 9.72 Å². The zero-order chi connectivity index (χ0) is 10.1. The van der Waals surface area contributed by atoms with E-state index in [1.54, 1.807) is 6.07 Å². The third-order valence-corrected chi connectivity index (χ3v) is 2.08. The maximum atomic E-state index is 11.2. The first-order chi connectivity index (χ1) is 6.72. The predicted molar refractivity (Wildman–Crippen MR) is 51.3 cm³/mol. The number of carbonyl (C=O) groups excluding carboxylic acids is 1. The largest absolute Gasteiger partial charge is 0.464 e. The molecule has 0 aromatic carbocycles. The molecule has 0 aliphatic heterocycles. The molecule has 2 aromatic heterocycles. The summed E-state index contributed by atoms with van der Waals surface area (Å²) in [6.07, 6.45) is 1.90. The van der Waals surface area contributed by atoms with Gasteiger partial charge in [0.1, 0.15) is 5.65 Å². The second kappa shape index (κ2) is 3.14. The van der Waals surface area contributed by atoms with Crippen LogP contribution in [0.2, 0.25) is 0 Å². The number of aryl methyl sites for hydroxylation is 1. The molecule has 0 amide bonds. The summed E-state index contributed by atoms with van der Waals surface area (Å²) in [6.45, 7) is 1.92. The third-order valence-electron chi connectivity index (χ3n) is 2.08. The summed E-state index contributed by atoms with van der Waals surface area (Å²) in [4.78, 5) is 15.4. The Kier molecular flexibility index (Phi) is 1.96. The Bertz CT molecular complexity index is 488. The van der Waals surface area contributed by atoms with Crippen LogP contribution in [0, 0.1) is 6.92 Å². The van der Waals surface area contributed by atoms with Crippen LogP contribution in [0.4, 0.5) is 0 Å². The smallest absolute Gasteiger partial charge is 0.356 e. The zero-order valence-electron chi connectivity index (χ0n) is 8.02. The van der Waals surface area contributed by atoms with Crippen molar-refractivity contribution in [1.29, 1.82) is 0 Å². The lowest BCUT2D eigenvalue weighted by Crippen LogP contribution is -2.06. The summed E-state index contributed by atoms with van der Waals surface area (Å²) in [6, 6.07) is 5.44. The van der Waals surface area contributed by atoms with Gasteiger partial charge in [-0.3, -0.25) is 0 Å². The van der Waals surface area contributed by atoms with E-state index in [-0.39, 0.29) is 0 Å². The Labute approximate surface area is 81.1 Å². The summed E-state index contributed by atoms with van der Waals surface area (Å²) in [5.41, 5.74) is 2.06. The second-order valence-corrected chi connectivity index (χ2v) is 3.01. The molecule has 0 saturated carbocycles. The Hall–Kier alpha value is -1.84. The molecule has 2 rings (SSSR count). The fourth-order valence-electron chi connectivity index (χ4n) is 1.39. The summed E-state index contributed by atoms with van der Waals surface area (Å²) in [7, 11) is 1.35. The van der Waals surface area contributed by atoms with Crippen molar-refractivity contribution < 1.29 is 9.53 Å². The molecule has 2 aromatic rings. The van der Waals surface area contributed by atoms with Gasteiger partial charge in [-0.2, -0.15) is 0 Å². The van der Waals surface area contributed by atoms with E-state index >= 15 is 0 Å². The molecule has 0 aliphatic rings. The van der Waals surface area contributed by atoms with Crippen molar-refractivity contribution in [1.82, 2.24) is 9.38 Å². The van der Waals surface area contributed by atoms with Crippen LogP contribution >= 0.6 is 0 Å². The quantitative estimate of drug-likeness (QED) is 0.639. The number of methoxy groups -OCH3 is 1. The Morgan fingerprint density at radius 1 is 1.57 bits per heavy atom. The highest BCUT2D eigenvalue weighted by Gasteiger charge is 2.09. The Morgan fingerprint density at radius 3 is 3.07 bits per heavy atom. The van der Waals surface area contributed by atoms with Gasteiger partial charge in [-0.15, -0.1) is 0 Å². The van der Waals surface area contributed by atoms with Crippen LogP contribution in [0.5, 0.6) is 0 Å². The van der Waals surface area contributed by atoms with Gasteiger partial charge in [0.15, 0.2) is 5.69 Å². The minimum Gasteiger partial charge on any atom is -0.464 e. The van der Waals surface area contributed by atoms with Crippen LogP contribution in [-0.2, 0) is 4.74 Å². The number of fused-ring (bicyclic) bond motifs is 1. The maximum Gasteiger partial charge on any atom is 0.356 e. The lowest BCUT2D eigenvalue weighted by atomic mass is 10.3. The van der Waals surface area contributed by atoms with E-state index in [9.17, 15) is 4.79 Å². The highest BCUT2D eigenvalue weighted by Crippen LogP contribution is 2.08. The fraction of sp³-hybridized carbons (Fsp3) is 0.200. The van der Waals surface area contributed by atoms with Gasteiger partial charge in [0.25, 0.3) is 0 Å². The van der Waals surface area contributed by atoms with Crippen LogP contribution in [0.25, 0.3) is 5.65 Å². The van der Waals surface area contributed by atoms with Gasteiger partial charge in [-0.25, -0.2) is 9.78 Å². The van der Waals surface area contributed by atoms with Gasteiger partial charge < -0.3 is 9.14 Å². The van der Waals surface area contributed by atoms with Gasteiger partial charge in [-0.1, -0.05) is 0 Å². The number of hydrogen-bond acceptors (Lipinski definition) is 3. The zero-order valence-corrected chi connectivity index (χ0v) is 8.02. The van der Waals surface area contributed by atoms with Crippen LogP contribution in [-0.4, -0.2) is 22.5 Å². The van der Waals surface area contributed by atoms with Crippen molar-refractivity contribution in [2.45, 2.75) is 6.92 Å². The van der Waals surface area contributed by atoms with Crippen molar-refractivity contribution in [2.75, 3.05) is 7.11 Å².